The summed E-state index contributed by atoms with van der Waals surface area (Å²) in [4.78, 5) is 31.2. The minimum absolute atomic E-state index is 0.0256. The molecule has 1 aromatic carbocycles. The number of nitrogens with one attached hydrogen (secondary N) is 1. The van der Waals surface area contributed by atoms with Crippen LogP contribution in [-0.2, 0) is 0 Å². The Labute approximate surface area is 121 Å². The van der Waals surface area contributed by atoms with Gasteiger partial charge >= 0.3 is 0 Å². The zero-order chi connectivity index (χ0) is 14.7. The molecular formula is C17H14N2O2. The van der Waals surface area contributed by atoms with Crippen LogP contribution in [-0.4, -0.2) is 21.5 Å². The van der Waals surface area contributed by atoms with E-state index in [2.05, 4.69) is 9.97 Å². The van der Waals surface area contributed by atoms with Crippen LogP contribution in [0, 0.1) is 0 Å². The molecular weight excluding hydrogens is 264 g/mol. The molecule has 0 unspecified atom stereocenters. The number of hydrogen-bond acceptors (Lipinski definition) is 3. The smallest absolute Gasteiger partial charge is 0.181 e. The highest BCUT2D eigenvalue weighted by atomic mass is 16.1. The molecule has 4 heteroatoms. The molecule has 0 aliphatic carbocycles. The van der Waals surface area contributed by atoms with Gasteiger partial charge in [0.2, 0.25) is 0 Å². The molecule has 0 aliphatic rings. The Hall–Kier alpha value is -2.75. The van der Waals surface area contributed by atoms with Crippen molar-refractivity contribution in [3.05, 3.63) is 66.1 Å². The zero-order valence-electron chi connectivity index (χ0n) is 11.4. The van der Waals surface area contributed by atoms with E-state index in [9.17, 15) is 9.59 Å². The number of ketones is 2. The molecule has 0 bridgehead atoms. The van der Waals surface area contributed by atoms with Gasteiger partial charge < -0.3 is 4.98 Å². The number of hydrogen-bond donors (Lipinski definition) is 1. The van der Waals surface area contributed by atoms with Crippen molar-refractivity contribution in [1.82, 2.24) is 9.97 Å². The number of aromatic nitrogens is 2. The molecule has 0 spiro atoms. The molecule has 104 valence electrons. The second kappa shape index (κ2) is 5.71. The van der Waals surface area contributed by atoms with E-state index in [4.69, 9.17) is 0 Å². The summed E-state index contributed by atoms with van der Waals surface area (Å²) in [5.74, 6) is -0.131. The number of benzene rings is 1. The number of pyridine rings is 1. The molecule has 3 rings (SSSR count). The highest BCUT2D eigenvalue weighted by Gasteiger charge is 2.12. The van der Waals surface area contributed by atoms with Crippen LogP contribution in [0.4, 0.5) is 0 Å². The van der Waals surface area contributed by atoms with Crippen LogP contribution in [0.1, 0.15) is 33.7 Å². The Morgan fingerprint density at radius 2 is 1.86 bits per heavy atom. The molecule has 0 saturated heterocycles. The van der Waals surface area contributed by atoms with Crippen LogP contribution in [0.15, 0.2) is 54.9 Å². The Bertz CT molecular complexity index is 791. The fourth-order valence-electron chi connectivity index (χ4n) is 2.25. The van der Waals surface area contributed by atoms with Crippen molar-refractivity contribution in [1.29, 1.82) is 0 Å². The van der Waals surface area contributed by atoms with Crippen molar-refractivity contribution < 1.29 is 9.59 Å². The molecule has 21 heavy (non-hydrogen) atoms. The van der Waals surface area contributed by atoms with Gasteiger partial charge in [-0.05, 0) is 36.4 Å². The van der Waals surface area contributed by atoms with Crippen LogP contribution in [0.3, 0.4) is 0 Å². The van der Waals surface area contributed by atoms with Crippen LogP contribution >= 0.6 is 0 Å². The normalized spacial score (nSPS) is 10.7. The number of Topliss-reactive ketones (excluding diaryl/α,β-unsaturated/α-hetero) is 2. The predicted molar refractivity (Wildman–Crippen MR) is 80.4 cm³/mol. The maximum atomic E-state index is 12.2. The van der Waals surface area contributed by atoms with Gasteiger partial charge in [-0.3, -0.25) is 14.6 Å². The third kappa shape index (κ3) is 2.89. The second-order valence-electron chi connectivity index (χ2n) is 4.84. The van der Waals surface area contributed by atoms with E-state index in [0.717, 1.165) is 10.9 Å². The second-order valence-corrected chi connectivity index (χ2v) is 4.84. The lowest BCUT2D eigenvalue weighted by molar-refractivity contribution is 0.0915. The summed E-state index contributed by atoms with van der Waals surface area (Å²) in [5.41, 5.74) is 2.04. The molecule has 0 radical (unpaired) electrons. The molecule has 1 N–H and O–H groups in total. The number of fused-ring (bicyclic) bond motifs is 1. The van der Waals surface area contributed by atoms with Crippen molar-refractivity contribution in [2.45, 2.75) is 12.8 Å². The van der Waals surface area contributed by atoms with Gasteiger partial charge in [0.05, 0.1) is 0 Å². The Kier molecular flexibility index (Phi) is 3.60. The number of H-pyrrole nitrogens is 1. The van der Waals surface area contributed by atoms with Gasteiger partial charge in [0, 0.05) is 41.7 Å². The van der Waals surface area contributed by atoms with Gasteiger partial charge in [-0.2, -0.15) is 0 Å². The van der Waals surface area contributed by atoms with E-state index < -0.39 is 0 Å². The van der Waals surface area contributed by atoms with Crippen LogP contribution in [0.5, 0.6) is 0 Å². The van der Waals surface area contributed by atoms with Crippen molar-refractivity contribution in [3.8, 4) is 0 Å². The van der Waals surface area contributed by atoms with Crippen LogP contribution in [0.25, 0.3) is 10.9 Å². The highest BCUT2D eigenvalue weighted by molar-refractivity contribution is 6.03. The summed E-state index contributed by atoms with van der Waals surface area (Å²) in [6, 6.07) is 12.6. The minimum Gasteiger partial charge on any atom is -0.361 e. The van der Waals surface area contributed by atoms with Crippen molar-refractivity contribution in [3.63, 3.8) is 0 Å². The molecule has 0 atom stereocenters. The monoisotopic (exact) mass is 278 g/mol. The first-order chi connectivity index (χ1) is 10.2. The fourth-order valence-corrected chi connectivity index (χ4v) is 2.25. The largest absolute Gasteiger partial charge is 0.361 e. The van der Waals surface area contributed by atoms with E-state index >= 15 is 0 Å². The van der Waals surface area contributed by atoms with E-state index in [1.807, 2.05) is 24.4 Å². The lowest BCUT2D eigenvalue weighted by Crippen LogP contribution is -2.06. The number of carbonyl (C=O) groups is 2. The number of carbonyl (C=O) groups excluding carboxylic acids is 2. The van der Waals surface area contributed by atoms with Crippen LogP contribution in [0.2, 0.25) is 0 Å². The van der Waals surface area contributed by atoms with Crippen molar-refractivity contribution in [2.75, 3.05) is 0 Å². The standard InChI is InChI=1S/C17H14N2O2/c20-16(6-7-17(21)15-3-1-2-9-18-15)13-4-5-14-12(11-13)8-10-19-14/h1-5,8-11,19H,6-7H2. The molecule has 0 fully saturated rings. The first kappa shape index (κ1) is 13.2. The van der Waals surface area contributed by atoms with Gasteiger partial charge in [0.25, 0.3) is 0 Å². The molecule has 3 aromatic rings. The third-order valence-corrected chi connectivity index (χ3v) is 3.40. The average molecular weight is 278 g/mol. The number of nitrogens with zero attached hydrogens (tertiary/aromatic N) is 1. The first-order valence-corrected chi connectivity index (χ1v) is 6.78. The van der Waals surface area contributed by atoms with Crippen molar-refractivity contribution >= 4 is 22.5 Å². The molecule has 4 nitrogen and oxygen atoms in total. The Morgan fingerprint density at radius 1 is 1.00 bits per heavy atom. The van der Waals surface area contributed by atoms with E-state index in [1.165, 1.54) is 0 Å². The van der Waals surface area contributed by atoms with Gasteiger partial charge in [0.1, 0.15) is 5.69 Å². The highest BCUT2D eigenvalue weighted by Crippen LogP contribution is 2.16. The summed E-state index contributed by atoms with van der Waals surface area (Å²) in [6.45, 7) is 0. The molecule has 0 amide bonds. The van der Waals surface area contributed by atoms with Gasteiger partial charge in [-0.1, -0.05) is 6.07 Å². The average Bonchev–Trinajstić information content (AvgIpc) is 3.00. The summed E-state index contributed by atoms with van der Waals surface area (Å²) < 4.78 is 0. The molecule has 2 aromatic heterocycles. The van der Waals surface area contributed by atoms with Crippen LogP contribution < -0.4 is 0 Å². The summed E-state index contributed by atoms with van der Waals surface area (Å²) in [5, 5.41) is 0.997. The topological polar surface area (TPSA) is 62.8 Å². The lowest BCUT2D eigenvalue weighted by Gasteiger charge is -2.02. The summed E-state index contributed by atoms with van der Waals surface area (Å²) in [7, 11) is 0. The van der Waals surface area contributed by atoms with Crippen molar-refractivity contribution in [2.24, 2.45) is 0 Å². The third-order valence-electron chi connectivity index (χ3n) is 3.40. The first-order valence-electron chi connectivity index (χ1n) is 6.78. The molecule has 2 heterocycles. The Balaban J connectivity index is 1.67. The SMILES string of the molecule is O=C(CCC(=O)c1ccccn1)c1ccc2[nH]ccc2c1. The van der Waals surface area contributed by atoms with E-state index in [1.54, 1.807) is 30.5 Å². The zero-order valence-corrected chi connectivity index (χ0v) is 11.4. The lowest BCUT2D eigenvalue weighted by atomic mass is 10.0. The predicted octanol–water partition coefficient (Wildman–Crippen LogP) is 3.41. The molecule has 0 saturated carbocycles. The number of rotatable bonds is 5. The Morgan fingerprint density at radius 3 is 2.67 bits per heavy atom. The molecule has 0 aliphatic heterocycles. The van der Waals surface area contributed by atoms with E-state index in [-0.39, 0.29) is 24.4 Å². The quantitative estimate of drug-likeness (QED) is 0.727. The maximum absolute atomic E-state index is 12.2. The van der Waals surface area contributed by atoms with E-state index in [0.29, 0.717) is 11.3 Å². The van der Waals surface area contributed by atoms with Gasteiger partial charge in [-0.15, -0.1) is 0 Å². The maximum Gasteiger partial charge on any atom is 0.181 e. The summed E-state index contributed by atoms with van der Waals surface area (Å²) >= 11 is 0. The number of aromatic amines is 1. The summed E-state index contributed by atoms with van der Waals surface area (Å²) in [6.07, 6.45) is 3.80. The fraction of sp³-hybridized carbons (Fsp3) is 0.118. The van der Waals surface area contributed by atoms with Gasteiger partial charge in [-0.25, -0.2) is 0 Å². The van der Waals surface area contributed by atoms with Gasteiger partial charge in [0.15, 0.2) is 11.6 Å². The minimum atomic E-state index is -0.105.